The highest BCUT2D eigenvalue weighted by Gasteiger charge is 2.28. The topological polar surface area (TPSA) is 87.0 Å². The lowest BCUT2D eigenvalue weighted by Crippen LogP contribution is -2.11. The molecule has 0 spiro atoms. The molecule has 0 heterocycles. The number of benzene rings is 1. The van der Waals surface area contributed by atoms with E-state index in [0.717, 1.165) is 63.4 Å². The first kappa shape index (κ1) is 32.1. The molecule has 0 saturated heterocycles. The van der Waals surface area contributed by atoms with E-state index in [1.165, 1.54) is 57.8 Å². The van der Waals surface area contributed by atoms with Crippen molar-refractivity contribution in [3.63, 3.8) is 0 Å². The summed E-state index contributed by atoms with van der Waals surface area (Å²) < 4.78 is 6.12. The summed E-state index contributed by atoms with van der Waals surface area (Å²) in [5, 5.41) is 31.5. The Bertz CT molecular complexity index is 728. The van der Waals surface area contributed by atoms with Crippen LogP contribution in [0.4, 0.5) is 0 Å². The third-order valence-corrected chi connectivity index (χ3v) is 7.13. The second kappa shape index (κ2) is 20.2. The predicted molar refractivity (Wildman–Crippen MR) is 150 cm³/mol. The summed E-state index contributed by atoms with van der Waals surface area (Å²) in [5.74, 6) is -1.79. The molecule has 0 aliphatic heterocycles. The highest BCUT2D eigenvalue weighted by Crippen LogP contribution is 2.44. The molecule has 0 saturated carbocycles. The third-order valence-electron chi connectivity index (χ3n) is 7.13. The Morgan fingerprint density at radius 3 is 1.47 bits per heavy atom. The van der Waals surface area contributed by atoms with Crippen LogP contribution in [0.25, 0.3) is 0 Å². The highest BCUT2D eigenvalue weighted by atomic mass is 16.5. The fourth-order valence-corrected chi connectivity index (χ4v) is 4.91. The molecule has 36 heavy (non-hydrogen) atoms. The number of carboxylic acid groups (broad SMARTS) is 1. The maximum atomic E-state index is 12.1. The zero-order valence-electron chi connectivity index (χ0n) is 23.5. The summed E-state index contributed by atoms with van der Waals surface area (Å²) in [7, 11) is 0. The average Bonchev–Trinajstić information content (AvgIpc) is 2.86. The molecule has 0 aliphatic rings. The molecular formula is C31H54O5. The van der Waals surface area contributed by atoms with Crippen molar-refractivity contribution in [3.8, 4) is 17.2 Å². The predicted octanol–water partition coefficient (Wildman–Crippen LogP) is 9.34. The molecule has 5 heteroatoms. The lowest BCUT2D eigenvalue weighted by Gasteiger charge is -2.21. The largest absolute Gasteiger partial charge is 0.504 e. The van der Waals surface area contributed by atoms with Gasteiger partial charge in [0.05, 0.1) is 6.61 Å². The Hall–Kier alpha value is -1.91. The minimum absolute atomic E-state index is 0.270. The normalized spacial score (nSPS) is 11.2. The Kier molecular flexibility index (Phi) is 18.0. The van der Waals surface area contributed by atoms with Crippen LogP contribution in [0.2, 0.25) is 0 Å². The van der Waals surface area contributed by atoms with E-state index in [4.69, 9.17) is 4.74 Å². The van der Waals surface area contributed by atoms with Gasteiger partial charge in [-0.3, -0.25) is 0 Å². The second-order valence-electron chi connectivity index (χ2n) is 10.3. The standard InChI is InChI=1S/C31H54O5/c1-4-7-10-13-16-19-22-25-26(23-20-17-14-11-8-5-2)30(27(31(34)35)29(33)28(25)32)36-24-21-18-15-12-9-6-3/h32-33H,4-24H2,1-3H3,(H,34,35). The highest BCUT2D eigenvalue weighted by molar-refractivity contribution is 5.96. The van der Waals surface area contributed by atoms with Crippen LogP contribution in [-0.2, 0) is 12.8 Å². The van der Waals surface area contributed by atoms with E-state index < -0.39 is 11.7 Å². The van der Waals surface area contributed by atoms with Crippen LogP contribution in [0.1, 0.15) is 158 Å². The molecule has 1 aromatic rings. The van der Waals surface area contributed by atoms with Crippen molar-refractivity contribution in [2.24, 2.45) is 0 Å². The molecule has 3 N–H and O–H groups in total. The molecule has 0 radical (unpaired) electrons. The fraction of sp³-hybridized carbons (Fsp3) is 0.774. The van der Waals surface area contributed by atoms with Crippen molar-refractivity contribution in [2.45, 2.75) is 149 Å². The zero-order valence-corrected chi connectivity index (χ0v) is 23.5. The van der Waals surface area contributed by atoms with Gasteiger partial charge in [-0.2, -0.15) is 0 Å². The molecule has 1 aromatic carbocycles. The van der Waals surface area contributed by atoms with E-state index in [-0.39, 0.29) is 17.1 Å². The molecular weight excluding hydrogens is 452 g/mol. The van der Waals surface area contributed by atoms with Gasteiger partial charge in [0.15, 0.2) is 11.5 Å². The van der Waals surface area contributed by atoms with Crippen LogP contribution >= 0.6 is 0 Å². The first-order chi connectivity index (χ1) is 17.5. The Labute approximate surface area is 220 Å². The maximum absolute atomic E-state index is 12.1. The van der Waals surface area contributed by atoms with Gasteiger partial charge in [-0.05, 0) is 32.1 Å². The van der Waals surface area contributed by atoms with Gasteiger partial charge in [-0.1, -0.05) is 117 Å². The van der Waals surface area contributed by atoms with Gasteiger partial charge in [0.25, 0.3) is 0 Å². The number of rotatable bonds is 23. The summed E-state index contributed by atoms with van der Waals surface area (Å²) in [5.41, 5.74) is 1.18. The van der Waals surface area contributed by atoms with Gasteiger partial charge in [-0.25, -0.2) is 4.79 Å². The number of hydrogen-bond acceptors (Lipinski definition) is 4. The van der Waals surface area contributed by atoms with Crippen LogP contribution in [-0.4, -0.2) is 27.9 Å². The molecule has 0 atom stereocenters. The van der Waals surface area contributed by atoms with Gasteiger partial charge in [0.2, 0.25) is 0 Å². The van der Waals surface area contributed by atoms with E-state index in [1.807, 2.05) is 0 Å². The van der Waals surface area contributed by atoms with E-state index in [1.54, 1.807) is 0 Å². The number of phenols is 2. The smallest absolute Gasteiger partial charge is 0.343 e. The van der Waals surface area contributed by atoms with Crippen molar-refractivity contribution >= 4 is 5.97 Å². The first-order valence-electron chi connectivity index (χ1n) is 14.9. The second-order valence-corrected chi connectivity index (χ2v) is 10.3. The summed E-state index contributed by atoms with van der Waals surface area (Å²) in [6.45, 7) is 7.03. The minimum Gasteiger partial charge on any atom is -0.504 e. The van der Waals surface area contributed by atoms with Gasteiger partial charge in [0.1, 0.15) is 11.3 Å². The number of aromatic hydroxyl groups is 2. The molecule has 0 bridgehead atoms. The van der Waals surface area contributed by atoms with E-state index >= 15 is 0 Å². The number of phenolic OH excluding ortho intramolecular Hbond substituents is 1. The molecule has 0 amide bonds. The van der Waals surface area contributed by atoms with Crippen molar-refractivity contribution in [1.82, 2.24) is 0 Å². The van der Waals surface area contributed by atoms with Crippen LogP contribution < -0.4 is 4.74 Å². The molecule has 5 nitrogen and oxygen atoms in total. The summed E-state index contributed by atoms with van der Waals surface area (Å²) in [6, 6.07) is 0. The molecule has 208 valence electrons. The van der Waals surface area contributed by atoms with Crippen molar-refractivity contribution in [3.05, 3.63) is 16.7 Å². The first-order valence-corrected chi connectivity index (χ1v) is 14.9. The average molecular weight is 507 g/mol. The minimum atomic E-state index is -1.25. The van der Waals surface area contributed by atoms with Crippen LogP contribution in [0, 0.1) is 0 Å². The van der Waals surface area contributed by atoms with Gasteiger partial charge in [-0.15, -0.1) is 0 Å². The number of hydrogen-bond donors (Lipinski definition) is 3. The number of carboxylic acids is 1. The Morgan fingerprint density at radius 1 is 0.583 bits per heavy atom. The Morgan fingerprint density at radius 2 is 1.00 bits per heavy atom. The van der Waals surface area contributed by atoms with Crippen LogP contribution in [0.3, 0.4) is 0 Å². The summed E-state index contributed by atoms with van der Waals surface area (Å²) in [4.78, 5) is 12.1. The summed E-state index contributed by atoms with van der Waals surface area (Å²) in [6.07, 6.45) is 21.6. The third kappa shape index (κ3) is 11.9. The SMILES string of the molecule is CCCCCCCCOc1c(CCCCCCCC)c(CCCCCCCC)c(O)c(O)c1C(=O)O. The fourth-order valence-electron chi connectivity index (χ4n) is 4.91. The molecule has 0 fully saturated rings. The van der Waals surface area contributed by atoms with Gasteiger partial charge >= 0.3 is 5.97 Å². The quantitative estimate of drug-likeness (QED) is 0.102. The number of unbranched alkanes of at least 4 members (excludes halogenated alkanes) is 15. The molecule has 0 aliphatic carbocycles. The van der Waals surface area contributed by atoms with Crippen molar-refractivity contribution < 1.29 is 24.9 Å². The van der Waals surface area contributed by atoms with E-state index in [2.05, 4.69) is 20.8 Å². The molecule has 0 aromatic heterocycles. The van der Waals surface area contributed by atoms with Crippen molar-refractivity contribution in [2.75, 3.05) is 6.61 Å². The lowest BCUT2D eigenvalue weighted by molar-refractivity contribution is 0.0687. The van der Waals surface area contributed by atoms with Gasteiger partial charge < -0.3 is 20.1 Å². The lowest BCUT2D eigenvalue weighted by atomic mass is 9.91. The van der Waals surface area contributed by atoms with Crippen molar-refractivity contribution in [1.29, 1.82) is 0 Å². The maximum Gasteiger partial charge on any atom is 0.343 e. The summed E-state index contributed by atoms with van der Waals surface area (Å²) >= 11 is 0. The number of aromatic carboxylic acids is 1. The van der Waals surface area contributed by atoms with E-state index in [0.29, 0.717) is 25.0 Å². The Balaban J connectivity index is 3.07. The number of ether oxygens (including phenoxy) is 1. The van der Waals surface area contributed by atoms with Gasteiger partial charge in [0, 0.05) is 11.1 Å². The molecule has 1 rings (SSSR count). The van der Waals surface area contributed by atoms with Crippen LogP contribution in [0.15, 0.2) is 0 Å². The van der Waals surface area contributed by atoms with E-state index in [9.17, 15) is 20.1 Å². The zero-order chi connectivity index (χ0) is 26.6. The molecule has 0 unspecified atom stereocenters. The number of carbonyl (C=O) groups is 1. The monoisotopic (exact) mass is 506 g/mol. The van der Waals surface area contributed by atoms with Crippen LogP contribution in [0.5, 0.6) is 17.2 Å².